The summed E-state index contributed by atoms with van der Waals surface area (Å²) in [4.78, 5) is 0. The fourth-order valence-electron chi connectivity index (χ4n) is 0.795. The van der Waals surface area contributed by atoms with Gasteiger partial charge in [0.25, 0.3) is 0 Å². The van der Waals surface area contributed by atoms with E-state index >= 15 is 0 Å². The van der Waals surface area contributed by atoms with Crippen LogP contribution in [0.25, 0.3) is 0 Å². The van der Waals surface area contributed by atoms with Crippen LogP contribution in [0.15, 0.2) is 0 Å². The minimum Gasteiger partial charge on any atom is -0.127 e. The van der Waals surface area contributed by atoms with E-state index in [0.29, 0.717) is 0 Å². The zero-order valence-corrected chi connectivity index (χ0v) is 8.08. The van der Waals surface area contributed by atoms with Crippen molar-refractivity contribution in [1.29, 1.82) is 0 Å². The molecule has 1 heteroatoms. The van der Waals surface area contributed by atoms with Gasteiger partial charge in [-0.05, 0) is 12.8 Å². The molecule has 11 heavy (non-hydrogen) atoms. The van der Waals surface area contributed by atoms with Crippen molar-refractivity contribution in [3.63, 3.8) is 0 Å². The summed E-state index contributed by atoms with van der Waals surface area (Å²) in [6.07, 6.45) is 6.91. The average Bonchev–Trinajstić information content (AvgIpc) is 2.03. The Morgan fingerprint density at radius 3 is 2.18 bits per heavy atom. The van der Waals surface area contributed by atoms with Gasteiger partial charge < -0.3 is 0 Å². The summed E-state index contributed by atoms with van der Waals surface area (Å²) in [6.45, 7) is 2.21. The molecule has 0 fully saturated rings. The number of hydrogen-bond acceptors (Lipinski definition) is 0. The lowest BCUT2D eigenvalue weighted by molar-refractivity contribution is 0.737. The van der Waals surface area contributed by atoms with Crippen LogP contribution in [-0.2, 0) is 0 Å². The van der Waals surface area contributed by atoms with Gasteiger partial charge in [0.15, 0.2) is 0 Å². The molecule has 0 aromatic carbocycles. The van der Waals surface area contributed by atoms with Gasteiger partial charge in [-0.2, -0.15) is 0 Å². The molecule has 64 valence electrons. The summed E-state index contributed by atoms with van der Waals surface area (Å²) in [5.74, 6) is 7.00. The molecule has 0 nitrogen and oxygen atoms in total. The maximum Gasteiger partial charge on any atom is 0.0232 e. The Bertz CT molecular complexity index is 119. The lowest BCUT2D eigenvalue weighted by atomic mass is 10.2. The molecule has 0 bridgehead atoms. The van der Waals surface area contributed by atoms with E-state index in [-0.39, 0.29) is 0 Å². The number of hydrogen-bond donors (Lipinski definition) is 0. The summed E-state index contributed by atoms with van der Waals surface area (Å²) in [6, 6.07) is 0. The molecule has 0 amide bonds. The van der Waals surface area contributed by atoms with Crippen molar-refractivity contribution in [2.24, 2.45) is 0 Å². The molecule has 0 N–H and O–H groups in total. The first kappa shape index (κ1) is 10.8. The highest BCUT2D eigenvalue weighted by molar-refractivity contribution is 6.17. The number of unbranched alkanes of at least 4 members (excludes halogenated alkanes) is 4. The molecule has 0 unspecified atom stereocenters. The van der Waals surface area contributed by atoms with Crippen molar-refractivity contribution in [2.75, 3.05) is 5.88 Å². The number of rotatable bonds is 5. The molecular formula is C10H17Cl. The number of alkyl halides is 1. The van der Waals surface area contributed by atoms with Gasteiger partial charge in [0.05, 0.1) is 0 Å². The monoisotopic (exact) mass is 172 g/mol. The molecule has 0 aliphatic rings. The van der Waals surface area contributed by atoms with Crippen LogP contribution in [0, 0.1) is 11.8 Å². The van der Waals surface area contributed by atoms with Crippen LogP contribution >= 0.6 is 11.6 Å². The Labute approximate surface area is 75.3 Å². The zero-order chi connectivity index (χ0) is 8.36. The molecule has 0 saturated heterocycles. The zero-order valence-electron chi connectivity index (χ0n) is 7.33. The Balaban J connectivity index is 2.99. The Kier molecular flexibility index (Phi) is 9.72. The third-order valence-electron chi connectivity index (χ3n) is 1.47. The second-order valence-electron chi connectivity index (χ2n) is 2.60. The second-order valence-corrected chi connectivity index (χ2v) is 2.98. The first-order chi connectivity index (χ1) is 5.41. The van der Waals surface area contributed by atoms with Gasteiger partial charge in [-0.1, -0.05) is 19.8 Å². The topological polar surface area (TPSA) is 0 Å². The Hall–Kier alpha value is -0.150. The maximum absolute atomic E-state index is 5.50. The fourth-order valence-corrected chi connectivity index (χ4v) is 0.929. The van der Waals surface area contributed by atoms with E-state index < -0.39 is 0 Å². The number of halogens is 1. The molecule has 0 radical (unpaired) electrons. The van der Waals surface area contributed by atoms with E-state index in [4.69, 9.17) is 11.6 Å². The van der Waals surface area contributed by atoms with Gasteiger partial charge in [0, 0.05) is 18.7 Å². The van der Waals surface area contributed by atoms with Gasteiger partial charge in [-0.25, -0.2) is 0 Å². The van der Waals surface area contributed by atoms with Crippen LogP contribution in [0.2, 0.25) is 0 Å². The van der Waals surface area contributed by atoms with Crippen molar-refractivity contribution in [3.8, 4) is 11.8 Å². The first-order valence-electron chi connectivity index (χ1n) is 4.43. The van der Waals surface area contributed by atoms with Crippen LogP contribution in [-0.4, -0.2) is 5.88 Å². The predicted octanol–water partition coefficient (Wildman–Crippen LogP) is 3.59. The Morgan fingerprint density at radius 2 is 1.64 bits per heavy atom. The van der Waals surface area contributed by atoms with Gasteiger partial charge in [0.1, 0.15) is 0 Å². The Morgan fingerprint density at radius 1 is 1.00 bits per heavy atom. The van der Waals surface area contributed by atoms with Crippen LogP contribution in [0.1, 0.15) is 45.4 Å². The first-order valence-corrected chi connectivity index (χ1v) is 4.97. The van der Waals surface area contributed by atoms with E-state index in [1.807, 2.05) is 0 Å². The molecule has 0 aliphatic heterocycles. The van der Waals surface area contributed by atoms with E-state index in [9.17, 15) is 0 Å². The largest absolute Gasteiger partial charge is 0.127 e. The minimum atomic E-state index is 0.740. The highest BCUT2D eigenvalue weighted by Gasteiger charge is 1.81. The normalized spacial score (nSPS) is 8.91. The van der Waals surface area contributed by atoms with E-state index in [0.717, 1.165) is 25.1 Å². The molecule has 0 spiro atoms. The van der Waals surface area contributed by atoms with Crippen LogP contribution < -0.4 is 0 Å². The fraction of sp³-hybridized carbons (Fsp3) is 0.800. The average molecular weight is 173 g/mol. The molecule has 0 saturated carbocycles. The summed E-state index contributed by atoms with van der Waals surface area (Å²) in [7, 11) is 0. The molecule has 0 rings (SSSR count). The summed E-state index contributed by atoms with van der Waals surface area (Å²) in [5.41, 5.74) is 0. The second kappa shape index (κ2) is 9.85. The third kappa shape index (κ3) is 9.85. The van der Waals surface area contributed by atoms with Crippen molar-refractivity contribution in [3.05, 3.63) is 0 Å². The van der Waals surface area contributed by atoms with Gasteiger partial charge in [0.2, 0.25) is 0 Å². The van der Waals surface area contributed by atoms with Gasteiger partial charge >= 0.3 is 0 Å². The van der Waals surface area contributed by atoms with Gasteiger partial charge in [-0.15, -0.1) is 23.4 Å². The molecule has 0 heterocycles. The maximum atomic E-state index is 5.50. The smallest absolute Gasteiger partial charge is 0.0232 e. The highest BCUT2D eigenvalue weighted by Crippen LogP contribution is 1.97. The summed E-state index contributed by atoms with van der Waals surface area (Å²) < 4.78 is 0. The van der Waals surface area contributed by atoms with Crippen LogP contribution in [0.4, 0.5) is 0 Å². The molecule has 0 atom stereocenters. The van der Waals surface area contributed by atoms with E-state index in [2.05, 4.69) is 18.8 Å². The quantitative estimate of drug-likeness (QED) is 0.338. The lowest BCUT2D eigenvalue weighted by Gasteiger charge is -1.88. The minimum absolute atomic E-state index is 0.740. The van der Waals surface area contributed by atoms with Crippen molar-refractivity contribution in [2.45, 2.75) is 45.4 Å². The van der Waals surface area contributed by atoms with Gasteiger partial charge in [-0.3, -0.25) is 0 Å². The predicted molar refractivity (Wildman–Crippen MR) is 51.9 cm³/mol. The molecular weight excluding hydrogens is 156 g/mol. The van der Waals surface area contributed by atoms with Crippen molar-refractivity contribution < 1.29 is 0 Å². The SMILES string of the molecule is CCCCCC#CCCCCl. The molecule has 0 aromatic heterocycles. The highest BCUT2D eigenvalue weighted by atomic mass is 35.5. The molecule has 0 aromatic rings. The van der Waals surface area contributed by atoms with Crippen molar-refractivity contribution >= 4 is 11.6 Å². The summed E-state index contributed by atoms with van der Waals surface area (Å²) in [5, 5.41) is 0. The van der Waals surface area contributed by atoms with Crippen molar-refractivity contribution in [1.82, 2.24) is 0 Å². The van der Waals surface area contributed by atoms with Crippen LogP contribution in [0.5, 0.6) is 0 Å². The molecule has 0 aliphatic carbocycles. The third-order valence-corrected chi connectivity index (χ3v) is 1.73. The lowest BCUT2D eigenvalue weighted by Crippen LogP contribution is -1.73. The van der Waals surface area contributed by atoms with E-state index in [1.165, 1.54) is 19.3 Å². The standard InChI is InChI=1S/C10H17Cl/c1-2-3-4-5-6-7-8-9-10-11/h2-5,8-10H2,1H3. The summed E-state index contributed by atoms with van der Waals surface area (Å²) >= 11 is 5.50. The van der Waals surface area contributed by atoms with Crippen LogP contribution in [0.3, 0.4) is 0 Å². The van der Waals surface area contributed by atoms with E-state index in [1.54, 1.807) is 0 Å².